The third kappa shape index (κ3) is 20.2. The van der Waals surface area contributed by atoms with E-state index in [1.807, 2.05) is 24.3 Å². The van der Waals surface area contributed by atoms with Crippen LogP contribution in [0.15, 0.2) is 35.8 Å². The topological polar surface area (TPSA) is 99.0 Å². The van der Waals surface area contributed by atoms with Crippen LogP contribution in [0.4, 0.5) is 0 Å². The fraction of sp³-hybridized carbons (Fsp3) is 0.679. The predicted octanol–water partition coefficient (Wildman–Crippen LogP) is 3.60. The summed E-state index contributed by atoms with van der Waals surface area (Å²) >= 11 is 0. The number of unbranched alkanes of at least 4 members (excludes halogenated alkanes) is 11. The molecule has 200 valence electrons. The summed E-state index contributed by atoms with van der Waals surface area (Å²) in [5, 5.41) is 12.0. The van der Waals surface area contributed by atoms with E-state index < -0.39 is 15.9 Å². The van der Waals surface area contributed by atoms with Crippen LogP contribution in [-0.2, 0) is 10.1 Å². The summed E-state index contributed by atoms with van der Waals surface area (Å²) in [5.74, 6) is -0.137. The Morgan fingerprint density at radius 3 is 2.00 bits per heavy atom. The molecule has 0 spiro atoms. The zero-order chi connectivity index (χ0) is 25.8. The van der Waals surface area contributed by atoms with E-state index in [4.69, 9.17) is 9.29 Å². The molecule has 0 aliphatic heterocycles. The Kier molecular flexibility index (Phi) is 21.6. The van der Waals surface area contributed by atoms with Gasteiger partial charge in [-0.15, -0.1) is 0 Å². The van der Waals surface area contributed by atoms with Crippen molar-refractivity contribution in [2.75, 3.05) is 12.3 Å². The average Bonchev–Trinajstić information content (AvgIpc) is 2.82. The fourth-order valence-corrected chi connectivity index (χ4v) is 4.32. The molecule has 1 aromatic carbocycles. The maximum absolute atomic E-state index is 12.0. The molecule has 1 rings (SSSR count). The largest absolute Gasteiger partial charge is 1.00 e. The Labute approximate surface area is 242 Å². The van der Waals surface area contributed by atoms with Gasteiger partial charge in [0.1, 0.15) is 5.75 Å². The molecular weight excluding hydrogens is 485 g/mol. The monoisotopic (exact) mass is 531 g/mol. The zero-order valence-electron chi connectivity index (χ0n) is 22.6. The van der Waals surface area contributed by atoms with Crippen LogP contribution in [0.1, 0.15) is 109 Å². The number of nitrogens with zero attached hydrogens (tertiary/aromatic N) is 1. The summed E-state index contributed by atoms with van der Waals surface area (Å²) in [6.07, 6.45) is 18.7. The molecule has 1 atom stereocenters. The van der Waals surface area contributed by atoms with Crippen LogP contribution in [0.3, 0.4) is 0 Å². The molecule has 36 heavy (non-hydrogen) atoms. The van der Waals surface area contributed by atoms with Crippen molar-refractivity contribution in [2.24, 2.45) is 4.99 Å². The second-order valence-corrected chi connectivity index (χ2v) is 10.9. The van der Waals surface area contributed by atoms with Gasteiger partial charge in [0.2, 0.25) is 0 Å². The molecule has 0 saturated heterocycles. The SMILES string of the molecule is C=Cc1ccc(OC(CCCCCCCCCCCCCC)CCC([O-])=NCCS(=O)(=O)O)cc1.[Na+]. The number of ether oxygens (including phenoxy) is 1. The maximum Gasteiger partial charge on any atom is 1.00 e. The van der Waals surface area contributed by atoms with Crippen LogP contribution in [0.25, 0.3) is 6.08 Å². The van der Waals surface area contributed by atoms with Crippen molar-refractivity contribution in [2.45, 2.75) is 109 Å². The van der Waals surface area contributed by atoms with E-state index >= 15 is 0 Å². The number of rotatable bonds is 22. The summed E-state index contributed by atoms with van der Waals surface area (Å²) in [6.45, 7) is 5.80. The minimum Gasteiger partial charge on any atom is -0.862 e. The molecule has 0 aliphatic rings. The van der Waals surface area contributed by atoms with Gasteiger partial charge in [-0.25, -0.2) is 0 Å². The zero-order valence-corrected chi connectivity index (χ0v) is 25.4. The summed E-state index contributed by atoms with van der Waals surface area (Å²) in [4.78, 5) is 3.73. The van der Waals surface area contributed by atoms with Gasteiger partial charge < -0.3 is 14.8 Å². The smallest absolute Gasteiger partial charge is 0.862 e. The van der Waals surface area contributed by atoms with E-state index in [1.165, 1.54) is 64.2 Å². The molecule has 1 unspecified atom stereocenters. The van der Waals surface area contributed by atoms with Gasteiger partial charge in [0.15, 0.2) is 0 Å². The molecule has 0 fully saturated rings. The van der Waals surface area contributed by atoms with E-state index in [1.54, 1.807) is 6.08 Å². The van der Waals surface area contributed by atoms with Crippen LogP contribution < -0.4 is 39.4 Å². The van der Waals surface area contributed by atoms with Crippen molar-refractivity contribution in [3.05, 3.63) is 36.4 Å². The molecule has 8 heteroatoms. The summed E-state index contributed by atoms with van der Waals surface area (Å²) in [5.41, 5.74) is 1.02. The molecule has 0 bridgehead atoms. The Bertz CT molecular complexity index is 812. The quantitative estimate of drug-likeness (QED) is 0.0810. The van der Waals surface area contributed by atoms with E-state index in [0.29, 0.717) is 6.42 Å². The van der Waals surface area contributed by atoms with Gasteiger partial charge in [-0.3, -0.25) is 4.55 Å². The Morgan fingerprint density at radius 1 is 0.972 bits per heavy atom. The van der Waals surface area contributed by atoms with Gasteiger partial charge in [-0.05, 0) is 49.3 Å². The van der Waals surface area contributed by atoms with E-state index in [9.17, 15) is 13.5 Å². The van der Waals surface area contributed by atoms with Gasteiger partial charge in [0, 0.05) is 0 Å². The average molecular weight is 532 g/mol. The molecule has 0 heterocycles. The maximum atomic E-state index is 12.0. The predicted molar refractivity (Wildman–Crippen MR) is 145 cm³/mol. The van der Waals surface area contributed by atoms with Crippen molar-refractivity contribution >= 4 is 22.1 Å². The standard InChI is InChI=1S/C28H47NO5S.Na/c1-3-5-6-7-8-9-10-11-12-13-14-15-16-26(34-27-19-17-25(4-2)18-20-27)21-22-28(30)29-23-24-35(31,32)33;/h4,17-20,26H,2-3,5-16,21-24H2,1H3,(H,29,30)(H,31,32,33);/q;+1/p-1. The second kappa shape index (κ2) is 22.2. The third-order valence-corrected chi connectivity index (χ3v) is 6.81. The van der Waals surface area contributed by atoms with Crippen LogP contribution in [-0.4, -0.2) is 37.3 Å². The molecule has 0 radical (unpaired) electrons. The number of benzene rings is 1. The van der Waals surface area contributed by atoms with Crippen LogP contribution in [0.2, 0.25) is 0 Å². The fourth-order valence-electron chi connectivity index (χ4n) is 4.00. The van der Waals surface area contributed by atoms with Gasteiger partial charge >= 0.3 is 29.6 Å². The van der Waals surface area contributed by atoms with Crippen molar-refractivity contribution in [3.63, 3.8) is 0 Å². The first-order chi connectivity index (χ1) is 16.8. The van der Waals surface area contributed by atoms with E-state index in [0.717, 1.165) is 30.6 Å². The molecular formula is C28H46NNaO5S. The van der Waals surface area contributed by atoms with Gasteiger partial charge in [0.05, 0.1) is 18.4 Å². The first-order valence-electron chi connectivity index (χ1n) is 13.4. The van der Waals surface area contributed by atoms with Crippen LogP contribution >= 0.6 is 0 Å². The Hall–Kier alpha value is -0.860. The van der Waals surface area contributed by atoms with Gasteiger partial charge in [-0.1, -0.05) is 102 Å². The minimum absolute atomic E-state index is 0. The summed E-state index contributed by atoms with van der Waals surface area (Å²) in [6, 6.07) is 7.70. The Morgan fingerprint density at radius 2 is 1.50 bits per heavy atom. The Balaban J connectivity index is 0.0000122. The molecule has 0 aliphatic carbocycles. The van der Waals surface area contributed by atoms with Crippen molar-refractivity contribution < 1.29 is 52.4 Å². The number of aliphatic imine (C=N–C) groups is 1. The van der Waals surface area contributed by atoms with Crippen molar-refractivity contribution in [3.8, 4) is 5.75 Å². The molecule has 0 aromatic heterocycles. The summed E-state index contributed by atoms with van der Waals surface area (Å²) < 4.78 is 36.5. The first kappa shape index (κ1) is 35.1. The first-order valence-corrected chi connectivity index (χ1v) is 15.0. The number of hydrogen-bond donors (Lipinski definition) is 1. The molecule has 6 nitrogen and oxygen atoms in total. The van der Waals surface area contributed by atoms with Crippen LogP contribution in [0, 0.1) is 0 Å². The molecule has 1 aromatic rings. The van der Waals surface area contributed by atoms with E-state index in [-0.39, 0.29) is 54.5 Å². The van der Waals surface area contributed by atoms with E-state index in [2.05, 4.69) is 18.5 Å². The second-order valence-electron chi connectivity index (χ2n) is 9.29. The molecule has 1 N–H and O–H groups in total. The third-order valence-electron chi connectivity index (χ3n) is 6.12. The molecule has 0 amide bonds. The minimum atomic E-state index is -4.11. The summed E-state index contributed by atoms with van der Waals surface area (Å²) in [7, 11) is -4.11. The van der Waals surface area contributed by atoms with Gasteiger partial charge in [-0.2, -0.15) is 8.42 Å². The normalized spacial score (nSPS) is 12.7. The van der Waals surface area contributed by atoms with Crippen molar-refractivity contribution in [1.29, 1.82) is 0 Å². The van der Waals surface area contributed by atoms with Crippen molar-refractivity contribution in [1.82, 2.24) is 0 Å². The van der Waals surface area contributed by atoms with Gasteiger partial charge in [0.25, 0.3) is 10.1 Å². The van der Waals surface area contributed by atoms with Crippen LogP contribution in [0.5, 0.6) is 5.75 Å². The number of hydrogen-bond acceptors (Lipinski definition) is 5. The molecule has 0 saturated carbocycles.